The second kappa shape index (κ2) is 5.54. The summed E-state index contributed by atoms with van der Waals surface area (Å²) < 4.78 is 0. The van der Waals surface area contributed by atoms with Crippen molar-refractivity contribution in [3.05, 3.63) is 18.6 Å². The highest BCUT2D eigenvalue weighted by atomic mass is 15.1. The standard InChI is InChI=1S/C10H18N4/c1-9(2)14(3)7-6-12-10-4-5-11-8-13-10/h4-5,8-9H,6-7H2,1-3H3,(H,11,12,13). The predicted molar refractivity (Wildman–Crippen MR) is 58.3 cm³/mol. The van der Waals surface area contributed by atoms with Gasteiger partial charge in [0.05, 0.1) is 0 Å². The van der Waals surface area contributed by atoms with Gasteiger partial charge in [0.25, 0.3) is 0 Å². The van der Waals surface area contributed by atoms with Gasteiger partial charge in [-0.05, 0) is 27.0 Å². The smallest absolute Gasteiger partial charge is 0.129 e. The molecule has 0 spiro atoms. The predicted octanol–water partition coefficient (Wildman–Crippen LogP) is 1.23. The van der Waals surface area contributed by atoms with Crippen molar-refractivity contribution in [2.24, 2.45) is 0 Å². The molecule has 0 radical (unpaired) electrons. The molecule has 0 aromatic carbocycles. The Labute approximate surface area is 85.4 Å². The monoisotopic (exact) mass is 194 g/mol. The van der Waals surface area contributed by atoms with Crippen LogP contribution in [0.15, 0.2) is 18.6 Å². The lowest BCUT2D eigenvalue weighted by atomic mass is 10.3. The minimum Gasteiger partial charge on any atom is -0.369 e. The van der Waals surface area contributed by atoms with Crippen LogP contribution in [-0.2, 0) is 0 Å². The fourth-order valence-electron chi connectivity index (χ4n) is 1.01. The van der Waals surface area contributed by atoms with Gasteiger partial charge in [0.1, 0.15) is 12.1 Å². The molecule has 1 aromatic heterocycles. The first kappa shape index (κ1) is 10.9. The van der Waals surface area contributed by atoms with E-state index in [-0.39, 0.29) is 0 Å². The summed E-state index contributed by atoms with van der Waals surface area (Å²) >= 11 is 0. The fraction of sp³-hybridized carbons (Fsp3) is 0.600. The van der Waals surface area contributed by atoms with Gasteiger partial charge in [-0.2, -0.15) is 0 Å². The lowest BCUT2D eigenvalue weighted by molar-refractivity contribution is 0.284. The van der Waals surface area contributed by atoms with Crippen molar-refractivity contribution in [2.45, 2.75) is 19.9 Å². The highest BCUT2D eigenvalue weighted by molar-refractivity contribution is 5.31. The second-order valence-corrected chi connectivity index (χ2v) is 3.60. The first-order valence-corrected chi connectivity index (χ1v) is 4.90. The van der Waals surface area contributed by atoms with E-state index in [9.17, 15) is 0 Å². The molecule has 78 valence electrons. The molecular formula is C10H18N4. The molecule has 1 rings (SSSR count). The summed E-state index contributed by atoms with van der Waals surface area (Å²) in [7, 11) is 2.12. The van der Waals surface area contributed by atoms with Gasteiger partial charge in [0.15, 0.2) is 0 Å². The zero-order chi connectivity index (χ0) is 10.4. The average Bonchev–Trinajstić information content (AvgIpc) is 2.19. The quantitative estimate of drug-likeness (QED) is 0.765. The summed E-state index contributed by atoms with van der Waals surface area (Å²) in [6, 6.07) is 2.46. The molecule has 1 heterocycles. The molecule has 1 aromatic rings. The van der Waals surface area contributed by atoms with E-state index in [2.05, 4.69) is 41.1 Å². The molecule has 4 heteroatoms. The maximum absolute atomic E-state index is 4.08. The largest absolute Gasteiger partial charge is 0.369 e. The number of likely N-dealkylation sites (N-methyl/N-ethyl adjacent to an activating group) is 1. The van der Waals surface area contributed by atoms with E-state index < -0.39 is 0 Å². The number of aromatic nitrogens is 2. The molecule has 0 amide bonds. The Kier molecular flexibility index (Phi) is 4.32. The Balaban J connectivity index is 2.22. The first-order chi connectivity index (χ1) is 6.70. The Morgan fingerprint density at radius 2 is 2.29 bits per heavy atom. The van der Waals surface area contributed by atoms with Crippen molar-refractivity contribution in [3.8, 4) is 0 Å². The van der Waals surface area contributed by atoms with Gasteiger partial charge in [0.2, 0.25) is 0 Å². The van der Waals surface area contributed by atoms with Gasteiger partial charge in [-0.25, -0.2) is 9.97 Å². The van der Waals surface area contributed by atoms with Gasteiger partial charge >= 0.3 is 0 Å². The van der Waals surface area contributed by atoms with Crippen LogP contribution in [0, 0.1) is 0 Å². The van der Waals surface area contributed by atoms with Crippen LogP contribution in [0.25, 0.3) is 0 Å². The summed E-state index contributed by atoms with van der Waals surface area (Å²) in [5, 5.41) is 3.24. The molecule has 0 saturated heterocycles. The highest BCUT2D eigenvalue weighted by Gasteiger charge is 2.01. The summed E-state index contributed by atoms with van der Waals surface area (Å²) in [5.41, 5.74) is 0. The SMILES string of the molecule is CC(C)N(C)CCNc1ccncn1. The lowest BCUT2D eigenvalue weighted by Gasteiger charge is -2.20. The van der Waals surface area contributed by atoms with Crippen LogP contribution in [0.4, 0.5) is 5.82 Å². The highest BCUT2D eigenvalue weighted by Crippen LogP contribution is 1.98. The van der Waals surface area contributed by atoms with Crippen LogP contribution in [0.1, 0.15) is 13.8 Å². The molecule has 4 nitrogen and oxygen atoms in total. The average molecular weight is 194 g/mol. The van der Waals surface area contributed by atoms with E-state index in [1.807, 2.05) is 6.07 Å². The molecule has 0 unspecified atom stereocenters. The third-order valence-electron chi connectivity index (χ3n) is 2.23. The van der Waals surface area contributed by atoms with E-state index in [1.54, 1.807) is 12.5 Å². The van der Waals surface area contributed by atoms with Crippen molar-refractivity contribution in [2.75, 3.05) is 25.5 Å². The molecule has 0 fully saturated rings. The first-order valence-electron chi connectivity index (χ1n) is 4.90. The minimum absolute atomic E-state index is 0.585. The number of hydrogen-bond acceptors (Lipinski definition) is 4. The summed E-state index contributed by atoms with van der Waals surface area (Å²) in [5.74, 6) is 0.886. The van der Waals surface area contributed by atoms with Crippen molar-refractivity contribution < 1.29 is 0 Å². The Bertz CT molecular complexity index is 248. The van der Waals surface area contributed by atoms with Crippen LogP contribution in [0.5, 0.6) is 0 Å². The molecule has 0 saturated carbocycles. The normalized spacial score (nSPS) is 10.9. The molecule has 0 bridgehead atoms. The van der Waals surface area contributed by atoms with Crippen molar-refractivity contribution >= 4 is 5.82 Å². The van der Waals surface area contributed by atoms with Crippen molar-refractivity contribution in [1.82, 2.24) is 14.9 Å². The molecule has 0 aliphatic heterocycles. The topological polar surface area (TPSA) is 41.0 Å². The van der Waals surface area contributed by atoms with Crippen LogP contribution in [0.3, 0.4) is 0 Å². The van der Waals surface area contributed by atoms with Gasteiger partial charge in [0, 0.05) is 25.3 Å². The van der Waals surface area contributed by atoms with Crippen LogP contribution in [-0.4, -0.2) is 41.0 Å². The Morgan fingerprint density at radius 1 is 1.50 bits per heavy atom. The van der Waals surface area contributed by atoms with Gasteiger partial charge in [-0.1, -0.05) is 0 Å². The number of nitrogens with zero attached hydrogens (tertiary/aromatic N) is 3. The minimum atomic E-state index is 0.585. The van der Waals surface area contributed by atoms with Gasteiger partial charge in [-0.15, -0.1) is 0 Å². The van der Waals surface area contributed by atoms with Crippen LogP contribution in [0.2, 0.25) is 0 Å². The molecular weight excluding hydrogens is 176 g/mol. The maximum Gasteiger partial charge on any atom is 0.129 e. The molecule has 14 heavy (non-hydrogen) atoms. The van der Waals surface area contributed by atoms with Gasteiger partial charge in [-0.3, -0.25) is 0 Å². The van der Waals surface area contributed by atoms with Crippen LogP contribution >= 0.6 is 0 Å². The third kappa shape index (κ3) is 3.70. The zero-order valence-corrected chi connectivity index (χ0v) is 9.07. The molecule has 0 atom stereocenters. The van der Waals surface area contributed by atoms with Crippen molar-refractivity contribution in [1.29, 1.82) is 0 Å². The van der Waals surface area contributed by atoms with E-state index in [0.717, 1.165) is 18.9 Å². The van der Waals surface area contributed by atoms with Gasteiger partial charge < -0.3 is 10.2 Å². The number of rotatable bonds is 5. The number of hydrogen-bond donors (Lipinski definition) is 1. The van der Waals surface area contributed by atoms with E-state index in [1.165, 1.54) is 0 Å². The third-order valence-corrected chi connectivity index (χ3v) is 2.23. The van der Waals surface area contributed by atoms with E-state index in [0.29, 0.717) is 6.04 Å². The van der Waals surface area contributed by atoms with Crippen molar-refractivity contribution in [3.63, 3.8) is 0 Å². The summed E-state index contributed by atoms with van der Waals surface area (Å²) in [6.45, 7) is 6.29. The number of nitrogens with one attached hydrogen (secondary N) is 1. The lowest BCUT2D eigenvalue weighted by Crippen LogP contribution is -2.31. The summed E-state index contributed by atoms with van der Waals surface area (Å²) in [4.78, 5) is 10.2. The van der Waals surface area contributed by atoms with Crippen LogP contribution < -0.4 is 5.32 Å². The summed E-state index contributed by atoms with van der Waals surface area (Å²) in [6.07, 6.45) is 3.29. The zero-order valence-electron chi connectivity index (χ0n) is 9.07. The molecule has 0 aliphatic rings. The van der Waals surface area contributed by atoms with E-state index in [4.69, 9.17) is 0 Å². The second-order valence-electron chi connectivity index (χ2n) is 3.60. The number of anilines is 1. The molecule has 0 aliphatic carbocycles. The Hall–Kier alpha value is -1.16. The van der Waals surface area contributed by atoms with E-state index >= 15 is 0 Å². The fourth-order valence-corrected chi connectivity index (χ4v) is 1.01. The maximum atomic E-state index is 4.08. The Morgan fingerprint density at radius 3 is 2.86 bits per heavy atom. The molecule has 1 N–H and O–H groups in total.